The Morgan fingerprint density at radius 2 is 1.92 bits per heavy atom. The average molecular weight is 420 g/mol. The molecule has 0 spiro atoms. The second-order valence-corrected chi connectivity index (χ2v) is 8.00. The van der Waals surface area contributed by atoms with Gasteiger partial charge in [-0.3, -0.25) is 4.79 Å². The number of hydrogen-bond acceptors (Lipinski definition) is 4. The Kier molecular flexibility index (Phi) is 11.6. The molecule has 2 saturated heterocycles. The van der Waals surface area contributed by atoms with Crippen molar-refractivity contribution >= 4 is 42.5 Å². The van der Waals surface area contributed by atoms with Crippen molar-refractivity contribution in [2.24, 2.45) is 0 Å². The molecule has 7 heteroatoms. The van der Waals surface area contributed by atoms with Gasteiger partial charge in [-0.05, 0) is 24.8 Å². The van der Waals surface area contributed by atoms with Crippen LogP contribution in [0.2, 0.25) is 0 Å². The SMILES string of the molecule is Cl.Cl.O=C(CC1CSCCN1)NC1CCN(CCc2ccccc2)CC1. The van der Waals surface area contributed by atoms with E-state index in [0.29, 0.717) is 18.5 Å². The van der Waals surface area contributed by atoms with Gasteiger partial charge in [0.25, 0.3) is 0 Å². The van der Waals surface area contributed by atoms with Crippen LogP contribution in [0.15, 0.2) is 30.3 Å². The van der Waals surface area contributed by atoms with E-state index in [9.17, 15) is 4.79 Å². The lowest BCUT2D eigenvalue weighted by Gasteiger charge is -2.32. The minimum atomic E-state index is 0. The highest BCUT2D eigenvalue weighted by Gasteiger charge is 2.22. The Bertz CT molecular complexity index is 507. The van der Waals surface area contributed by atoms with E-state index < -0.39 is 0 Å². The van der Waals surface area contributed by atoms with E-state index in [1.165, 1.54) is 11.3 Å². The molecule has 1 atom stereocenters. The molecule has 0 saturated carbocycles. The summed E-state index contributed by atoms with van der Waals surface area (Å²) in [6.07, 6.45) is 3.89. The number of carbonyl (C=O) groups excluding carboxylic acids is 1. The third kappa shape index (κ3) is 8.05. The largest absolute Gasteiger partial charge is 0.353 e. The molecular formula is C19H31Cl2N3OS. The number of nitrogens with zero attached hydrogens (tertiary/aromatic N) is 1. The van der Waals surface area contributed by atoms with Gasteiger partial charge in [-0.1, -0.05) is 30.3 Å². The van der Waals surface area contributed by atoms with Crippen molar-refractivity contribution in [3.8, 4) is 0 Å². The van der Waals surface area contributed by atoms with Crippen LogP contribution in [0.5, 0.6) is 0 Å². The molecule has 2 aliphatic heterocycles. The van der Waals surface area contributed by atoms with E-state index in [-0.39, 0.29) is 30.7 Å². The summed E-state index contributed by atoms with van der Waals surface area (Å²) in [4.78, 5) is 14.7. The lowest BCUT2D eigenvalue weighted by Crippen LogP contribution is -2.47. The third-order valence-corrected chi connectivity index (χ3v) is 6.07. The standard InChI is InChI=1S/C19H29N3OS.2ClH/c23-19(14-18-15-24-13-9-20-18)21-17-7-11-22(12-8-17)10-6-16-4-2-1-3-5-16;;/h1-5,17-18,20H,6-15H2,(H,21,23);2*1H. The van der Waals surface area contributed by atoms with Crippen molar-refractivity contribution in [2.75, 3.05) is 37.7 Å². The normalized spacial score (nSPS) is 21.3. The molecule has 26 heavy (non-hydrogen) atoms. The monoisotopic (exact) mass is 419 g/mol. The van der Waals surface area contributed by atoms with Crippen LogP contribution in [-0.2, 0) is 11.2 Å². The number of rotatable bonds is 6. The van der Waals surface area contributed by atoms with Crippen molar-refractivity contribution in [1.82, 2.24) is 15.5 Å². The van der Waals surface area contributed by atoms with Gasteiger partial charge in [0.15, 0.2) is 0 Å². The summed E-state index contributed by atoms with van der Waals surface area (Å²) in [5.41, 5.74) is 1.41. The van der Waals surface area contributed by atoms with Crippen LogP contribution in [-0.4, -0.2) is 60.6 Å². The molecule has 1 aromatic rings. The van der Waals surface area contributed by atoms with E-state index in [1.54, 1.807) is 0 Å². The zero-order valence-electron chi connectivity index (χ0n) is 15.2. The summed E-state index contributed by atoms with van der Waals surface area (Å²) in [5.74, 6) is 2.45. The number of amides is 1. The summed E-state index contributed by atoms with van der Waals surface area (Å²) in [6, 6.07) is 11.4. The van der Waals surface area contributed by atoms with E-state index in [2.05, 4.69) is 45.9 Å². The first-order valence-corrected chi connectivity index (χ1v) is 10.3. The van der Waals surface area contributed by atoms with Gasteiger partial charge in [-0.25, -0.2) is 0 Å². The quantitative estimate of drug-likeness (QED) is 0.743. The maximum Gasteiger partial charge on any atom is 0.221 e. The fourth-order valence-electron chi connectivity index (χ4n) is 3.49. The summed E-state index contributed by atoms with van der Waals surface area (Å²) < 4.78 is 0. The molecule has 0 aromatic heterocycles. The Hall–Kier alpha value is -0.460. The van der Waals surface area contributed by atoms with Crippen molar-refractivity contribution in [3.05, 3.63) is 35.9 Å². The summed E-state index contributed by atoms with van der Waals surface area (Å²) in [7, 11) is 0. The molecule has 0 aliphatic carbocycles. The van der Waals surface area contributed by atoms with Crippen molar-refractivity contribution in [2.45, 2.75) is 37.8 Å². The number of thioether (sulfide) groups is 1. The van der Waals surface area contributed by atoms with E-state index in [4.69, 9.17) is 0 Å². The Balaban J connectivity index is 0.00000169. The van der Waals surface area contributed by atoms with Gasteiger partial charge in [-0.15, -0.1) is 24.8 Å². The first kappa shape index (κ1) is 23.6. The number of hydrogen-bond donors (Lipinski definition) is 2. The van der Waals surface area contributed by atoms with Crippen LogP contribution in [0.4, 0.5) is 0 Å². The van der Waals surface area contributed by atoms with Gasteiger partial charge >= 0.3 is 0 Å². The third-order valence-electron chi connectivity index (χ3n) is 4.94. The fourth-order valence-corrected chi connectivity index (χ4v) is 4.44. The predicted molar refractivity (Wildman–Crippen MR) is 116 cm³/mol. The maximum absolute atomic E-state index is 12.2. The maximum atomic E-state index is 12.2. The van der Waals surface area contributed by atoms with E-state index >= 15 is 0 Å². The molecule has 3 rings (SSSR count). The molecule has 1 unspecified atom stereocenters. The van der Waals surface area contributed by atoms with E-state index in [1.807, 2.05) is 11.8 Å². The minimum absolute atomic E-state index is 0. The van der Waals surface area contributed by atoms with E-state index in [0.717, 1.165) is 51.2 Å². The second kappa shape index (κ2) is 12.8. The van der Waals surface area contributed by atoms with Gasteiger partial charge in [0.05, 0.1) is 0 Å². The van der Waals surface area contributed by atoms with Crippen LogP contribution < -0.4 is 10.6 Å². The lowest BCUT2D eigenvalue weighted by molar-refractivity contribution is -0.122. The molecule has 1 amide bonds. The van der Waals surface area contributed by atoms with Crippen LogP contribution in [0, 0.1) is 0 Å². The topological polar surface area (TPSA) is 44.4 Å². The Morgan fingerprint density at radius 1 is 1.19 bits per heavy atom. The molecule has 4 nitrogen and oxygen atoms in total. The molecule has 2 aliphatic rings. The highest BCUT2D eigenvalue weighted by atomic mass is 35.5. The Labute approximate surface area is 174 Å². The van der Waals surface area contributed by atoms with Gasteiger partial charge in [0, 0.05) is 56.2 Å². The van der Waals surface area contributed by atoms with Gasteiger partial charge in [-0.2, -0.15) is 11.8 Å². The average Bonchev–Trinajstić information content (AvgIpc) is 2.63. The number of likely N-dealkylation sites (tertiary alicyclic amines) is 1. The summed E-state index contributed by atoms with van der Waals surface area (Å²) >= 11 is 1.95. The van der Waals surface area contributed by atoms with Gasteiger partial charge in [0.1, 0.15) is 0 Å². The number of carbonyl (C=O) groups is 1. The molecule has 2 N–H and O–H groups in total. The zero-order valence-corrected chi connectivity index (χ0v) is 17.6. The Morgan fingerprint density at radius 3 is 2.58 bits per heavy atom. The molecular weight excluding hydrogens is 389 g/mol. The molecule has 2 fully saturated rings. The second-order valence-electron chi connectivity index (χ2n) is 6.85. The van der Waals surface area contributed by atoms with Crippen LogP contribution in [0.1, 0.15) is 24.8 Å². The predicted octanol–water partition coefficient (Wildman–Crippen LogP) is 2.75. The number of piperidine rings is 1. The summed E-state index contributed by atoms with van der Waals surface area (Å²) in [6.45, 7) is 4.33. The highest BCUT2D eigenvalue weighted by molar-refractivity contribution is 7.99. The van der Waals surface area contributed by atoms with Gasteiger partial charge < -0.3 is 15.5 Å². The molecule has 1 aromatic carbocycles. The minimum Gasteiger partial charge on any atom is -0.353 e. The highest BCUT2D eigenvalue weighted by Crippen LogP contribution is 2.13. The first-order chi connectivity index (χ1) is 11.8. The summed E-state index contributed by atoms with van der Waals surface area (Å²) in [5, 5.41) is 6.68. The number of halogens is 2. The zero-order chi connectivity index (χ0) is 16.6. The molecule has 0 radical (unpaired) electrons. The first-order valence-electron chi connectivity index (χ1n) is 9.16. The van der Waals surface area contributed by atoms with Crippen molar-refractivity contribution in [3.63, 3.8) is 0 Å². The number of benzene rings is 1. The van der Waals surface area contributed by atoms with Crippen LogP contribution >= 0.6 is 36.6 Å². The number of nitrogens with one attached hydrogen (secondary N) is 2. The van der Waals surface area contributed by atoms with Gasteiger partial charge in [0.2, 0.25) is 5.91 Å². The van der Waals surface area contributed by atoms with Crippen LogP contribution in [0.3, 0.4) is 0 Å². The fraction of sp³-hybridized carbons (Fsp3) is 0.632. The van der Waals surface area contributed by atoms with Crippen molar-refractivity contribution < 1.29 is 4.79 Å². The van der Waals surface area contributed by atoms with Crippen LogP contribution in [0.25, 0.3) is 0 Å². The molecule has 148 valence electrons. The smallest absolute Gasteiger partial charge is 0.221 e. The lowest BCUT2D eigenvalue weighted by atomic mass is 10.0. The molecule has 2 heterocycles. The molecule has 0 bridgehead atoms. The van der Waals surface area contributed by atoms with Crippen molar-refractivity contribution in [1.29, 1.82) is 0 Å².